The van der Waals surface area contributed by atoms with Crippen LogP contribution in [0.1, 0.15) is 0 Å². The molecule has 9 rings (SSSR count). The third kappa shape index (κ3) is 3.65. The van der Waals surface area contributed by atoms with Gasteiger partial charge in [-0.05, 0) is 83.9 Å². The molecule has 0 saturated carbocycles. The number of hydrogen-bond acceptors (Lipinski definition) is 1. The van der Waals surface area contributed by atoms with Crippen LogP contribution in [-0.4, -0.2) is 0 Å². The fourth-order valence-corrected chi connectivity index (χ4v) is 7.01. The van der Waals surface area contributed by atoms with Crippen molar-refractivity contribution in [3.8, 4) is 33.4 Å². The van der Waals surface area contributed by atoms with Gasteiger partial charge in [-0.25, -0.2) is 0 Å². The molecule has 0 radical (unpaired) electrons. The van der Waals surface area contributed by atoms with Crippen molar-refractivity contribution in [3.05, 3.63) is 158 Å². The highest BCUT2D eigenvalue weighted by molar-refractivity contribution is 6.24. The first-order valence-electron chi connectivity index (χ1n) is 14.8. The van der Waals surface area contributed by atoms with Crippen molar-refractivity contribution >= 4 is 54.3 Å². The third-order valence-corrected chi connectivity index (χ3v) is 8.88. The van der Waals surface area contributed by atoms with Gasteiger partial charge in [0, 0.05) is 10.8 Å². The molecule has 0 amide bonds. The summed E-state index contributed by atoms with van der Waals surface area (Å²) < 4.78 is 6.33. The number of fused-ring (bicyclic) bond motifs is 6. The average molecular weight is 547 g/mol. The lowest BCUT2D eigenvalue weighted by Crippen LogP contribution is -1.92. The maximum atomic E-state index is 6.33. The van der Waals surface area contributed by atoms with Crippen LogP contribution < -0.4 is 0 Å². The molecule has 1 aromatic heterocycles. The van der Waals surface area contributed by atoms with Gasteiger partial charge in [-0.1, -0.05) is 140 Å². The predicted molar refractivity (Wildman–Crippen MR) is 183 cm³/mol. The van der Waals surface area contributed by atoms with E-state index in [-0.39, 0.29) is 0 Å². The van der Waals surface area contributed by atoms with Gasteiger partial charge in [0.05, 0.1) is 0 Å². The normalized spacial score (nSPS) is 11.7. The summed E-state index contributed by atoms with van der Waals surface area (Å²) in [7, 11) is 0. The van der Waals surface area contributed by atoms with E-state index in [4.69, 9.17) is 4.42 Å². The van der Waals surface area contributed by atoms with Gasteiger partial charge in [0.15, 0.2) is 0 Å². The van der Waals surface area contributed by atoms with E-state index in [2.05, 4.69) is 146 Å². The highest BCUT2D eigenvalue weighted by atomic mass is 16.3. The second-order valence-corrected chi connectivity index (χ2v) is 11.2. The van der Waals surface area contributed by atoms with Gasteiger partial charge in [-0.15, -0.1) is 0 Å². The second-order valence-electron chi connectivity index (χ2n) is 11.2. The van der Waals surface area contributed by atoms with Crippen molar-refractivity contribution in [2.45, 2.75) is 0 Å². The molecule has 1 nitrogen and oxygen atoms in total. The smallest absolute Gasteiger partial charge is 0.136 e. The molecule has 1 heteroatoms. The summed E-state index contributed by atoms with van der Waals surface area (Å²) in [6, 6.07) is 56.8. The Bertz CT molecular complexity index is 2440. The number of hydrogen-bond donors (Lipinski definition) is 0. The zero-order valence-electron chi connectivity index (χ0n) is 23.4. The van der Waals surface area contributed by atoms with Crippen molar-refractivity contribution < 1.29 is 4.42 Å². The van der Waals surface area contributed by atoms with Crippen molar-refractivity contribution in [1.82, 2.24) is 0 Å². The maximum absolute atomic E-state index is 6.33. The highest BCUT2D eigenvalue weighted by Gasteiger charge is 2.19. The van der Waals surface area contributed by atoms with Gasteiger partial charge in [0.2, 0.25) is 0 Å². The van der Waals surface area contributed by atoms with E-state index in [0.717, 1.165) is 27.5 Å². The van der Waals surface area contributed by atoms with Gasteiger partial charge in [-0.2, -0.15) is 0 Å². The molecule has 8 aromatic carbocycles. The van der Waals surface area contributed by atoms with Crippen molar-refractivity contribution in [1.29, 1.82) is 0 Å². The molecule has 0 unspecified atom stereocenters. The molecule has 0 atom stereocenters. The predicted octanol–water partition coefficient (Wildman–Crippen LogP) is 12.0. The topological polar surface area (TPSA) is 13.1 Å². The largest absolute Gasteiger partial charge is 0.456 e. The van der Waals surface area contributed by atoms with Crippen LogP contribution in [0.5, 0.6) is 0 Å². The van der Waals surface area contributed by atoms with Crippen molar-refractivity contribution in [2.24, 2.45) is 0 Å². The Balaban J connectivity index is 1.36. The molecule has 0 saturated heterocycles. The quantitative estimate of drug-likeness (QED) is 0.201. The fourth-order valence-electron chi connectivity index (χ4n) is 7.01. The van der Waals surface area contributed by atoms with Crippen LogP contribution >= 0.6 is 0 Å². The first kappa shape index (κ1) is 24.0. The second kappa shape index (κ2) is 9.44. The minimum atomic E-state index is 0.915. The summed E-state index contributed by atoms with van der Waals surface area (Å²) in [5, 5.41) is 9.80. The lowest BCUT2D eigenvalue weighted by atomic mass is 9.84. The van der Waals surface area contributed by atoms with Gasteiger partial charge in [0.25, 0.3) is 0 Å². The molecule has 43 heavy (non-hydrogen) atoms. The lowest BCUT2D eigenvalue weighted by molar-refractivity contribution is 0.669. The Morgan fingerprint density at radius 3 is 1.49 bits per heavy atom. The van der Waals surface area contributed by atoms with E-state index in [1.807, 2.05) is 12.1 Å². The Labute approximate surface area is 249 Å². The summed E-state index contributed by atoms with van der Waals surface area (Å²) in [5.74, 6) is 0. The average Bonchev–Trinajstić information content (AvgIpc) is 3.45. The van der Waals surface area contributed by atoms with E-state index in [1.54, 1.807) is 0 Å². The zero-order chi connectivity index (χ0) is 28.3. The molecule has 0 aliphatic rings. The standard InChI is InChI=1S/C42H26O/c1-2-12-27(13-3-1)29-19-10-21-31-30(29)20-11-22-34(31)42-37-17-6-4-15-35(37)41(36-16-5-7-18-38(36)42)28-24-25-33-32-14-8-9-23-39(32)43-40(33)26-28/h1-26H. The molecule has 1 heterocycles. The van der Waals surface area contributed by atoms with Crippen molar-refractivity contribution in [2.75, 3.05) is 0 Å². The van der Waals surface area contributed by atoms with Crippen LogP contribution in [0.15, 0.2) is 162 Å². The molecular formula is C42H26O. The van der Waals surface area contributed by atoms with Crippen LogP contribution in [0.2, 0.25) is 0 Å². The van der Waals surface area contributed by atoms with Crippen molar-refractivity contribution in [3.63, 3.8) is 0 Å². The van der Waals surface area contributed by atoms with Crippen LogP contribution in [0.25, 0.3) is 87.6 Å². The molecule has 0 aliphatic carbocycles. The highest BCUT2D eigenvalue weighted by Crippen LogP contribution is 2.46. The summed E-state index contributed by atoms with van der Waals surface area (Å²) in [5.41, 5.74) is 9.25. The van der Waals surface area contributed by atoms with Crippen LogP contribution in [0, 0.1) is 0 Å². The van der Waals surface area contributed by atoms with E-state index >= 15 is 0 Å². The third-order valence-electron chi connectivity index (χ3n) is 8.88. The van der Waals surface area contributed by atoms with Crippen LogP contribution in [-0.2, 0) is 0 Å². The van der Waals surface area contributed by atoms with E-state index in [9.17, 15) is 0 Å². The van der Waals surface area contributed by atoms with E-state index in [0.29, 0.717) is 0 Å². The Hall–Kier alpha value is -5.66. The fraction of sp³-hybridized carbons (Fsp3) is 0. The lowest BCUT2D eigenvalue weighted by Gasteiger charge is -2.19. The minimum Gasteiger partial charge on any atom is -0.456 e. The summed E-state index contributed by atoms with van der Waals surface area (Å²) in [6.07, 6.45) is 0. The summed E-state index contributed by atoms with van der Waals surface area (Å²) >= 11 is 0. The van der Waals surface area contributed by atoms with Crippen LogP contribution in [0.4, 0.5) is 0 Å². The number of rotatable bonds is 3. The molecular weight excluding hydrogens is 520 g/mol. The Morgan fingerprint density at radius 2 is 0.791 bits per heavy atom. The monoisotopic (exact) mass is 546 g/mol. The molecule has 0 aliphatic heterocycles. The number of furan rings is 1. The zero-order valence-corrected chi connectivity index (χ0v) is 23.4. The van der Waals surface area contributed by atoms with Gasteiger partial charge in [0.1, 0.15) is 11.2 Å². The molecule has 200 valence electrons. The van der Waals surface area contributed by atoms with Gasteiger partial charge >= 0.3 is 0 Å². The van der Waals surface area contributed by atoms with Gasteiger partial charge in [-0.3, -0.25) is 0 Å². The maximum Gasteiger partial charge on any atom is 0.136 e. The molecule has 0 spiro atoms. The minimum absolute atomic E-state index is 0.915. The number of para-hydroxylation sites is 1. The van der Waals surface area contributed by atoms with E-state index in [1.165, 1.54) is 60.1 Å². The molecule has 0 N–H and O–H groups in total. The molecule has 9 aromatic rings. The first-order chi connectivity index (χ1) is 21.3. The van der Waals surface area contributed by atoms with Crippen LogP contribution in [0.3, 0.4) is 0 Å². The number of benzene rings is 8. The Morgan fingerprint density at radius 1 is 0.279 bits per heavy atom. The van der Waals surface area contributed by atoms with Gasteiger partial charge < -0.3 is 4.42 Å². The first-order valence-corrected chi connectivity index (χ1v) is 14.8. The SMILES string of the molecule is c1ccc(-c2cccc3c(-c4c5ccccc5c(-c5ccc6c(c5)oc5ccccc56)c5ccccc45)cccc23)cc1. The Kier molecular flexibility index (Phi) is 5.27. The summed E-state index contributed by atoms with van der Waals surface area (Å²) in [6.45, 7) is 0. The molecule has 0 bridgehead atoms. The molecule has 0 fully saturated rings. The summed E-state index contributed by atoms with van der Waals surface area (Å²) in [4.78, 5) is 0. The van der Waals surface area contributed by atoms with E-state index < -0.39 is 0 Å².